The molecule has 0 radical (unpaired) electrons. The number of hydrogen-bond donors (Lipinski definition) is 3. The number of unbranched alkanes of at least 4 members (excludes halogenated alkanes) is 38. The molecule has 0 rings (SSSR count). The van der Waals surface area contributed by atoms with Crippen molar-refractivity contribution in [3.8, 4) is 0 Å². The SMILES string of the molecule is CCCCC/C=C\C/C=C\C/C=C\C/C=C\C/C=C\CCC(=O)O[C@H](COC(=O)CCCCCCCCCCCCCCC)COP(=O)(O)OC[C@@H](O)COP(=O)(O)OC[C@@H](COC(=O)CCCCCCCCCCCCCCC)OC(=O)CCCCCCCCC/C=C\CCCCCC. The van der Waals surface area contributed by atoms with Crippen molar-refractivity contribution in [3.05, 3.63) is 72.9 Å². The predicted molar refractivity (Wildman–Crippen MR) is 409 cm³/mol. The molecule has 100 heavy (non-hydrogen) atoms. The number of ether oxygens (including phenoxy) is 4. The van der Waals surface area contributed by atoms with Gasteiger partial charge in [0.25, 0.3) is 0 Å². The first kappa shape index (κ1) is 96.5. The lowest BCUT2D eigenvalue weighted by Gasteiger charge is -2.21. The summed E-state index contributed by atoms with van der Waals surface area (Å²) < 4.78 is 68.5. The first-order valence-electron chi connectivity index (χ1n) is 40.2. The van der Waals surface area contributed by atoms with E-state index in [1.165, 1.54) is 161 Å². The zero-order valence-electron chi connectivity index (χ0n) is 63.6. The number of carbonyl (C=O) groups is 4. The Bertz CT molecular complexity index is 2180. The molecule has 0 fully saturated rings. The molecule has 0 aromatic heterocycles. The molecule has 0 saturated carbocycles. The highest BCUT2D eigenvalue weighted by atomic mass is 31.2. The summed E-state index contributed by atoms with van der Waals surface area (Å²) in [4.78, 5) is 72.9. The quantitative estimate of drug-likeness (QED) is 0.0169. The van der Waals surface area contributed by atoms with Crippen LogP contribution in [0, 0.1) is 0 Å². The molecule has 0 bridgehead atoms. The monoisotopic (exact) mass is 1450 g/mol. The summed E-state index contributed by atoms with van der Waals surface area (Å²) in [7, 11) is -9.96. The van der Waals surface area contributed by atoms with Crippen LogP contribution in [0.3, 0.4) is 0 Å². The molecule has 0 aromatic carbocycles. The molecule has 582 valence electrons. The van der Waals surface area contributed by atoms with E-state index in [1.54, 1.807) is 0 Å². The summed E-state index contributed by atoms with van der Waals surface area (Å²) >= 11 is 0. The summed E-state index contributed by atoms with van der Waals surface area (Å²) in [6.45, 7) is 4.81. The molecule has 0 heterocycles. The van der Waals surface area contributed by atoms with Crippen LogP contribution in [0.1, 0.15) is 362 Å². The van der Waals surface area contributed by atoms with Gasteiger partial charge >= 0.3 is 39.5 Å². The number of esters is 4. The molecule has 0 amide bonds. The molecular weight excluding hydrogens is 1310 g/mol. The highest BCUT2D eigenvalue weighted by Gasteiger charge is 2.30. The third-order valence-electron chi connectivity index (χ3n) is 17.2. The number of hydrogen-bond acceptors (Lipinski definition) is 15. The van der Waals surface area contributed by atoms with Crippen LogP contribution < -0.4 is 0 Å². The number of phosphoric acid groups is 2. The zero-order valence-corrected chi connectivity index (χ0v) is 65.4. The molecule has 5 atom stereocenters. The number of allylic oxidation sites excluding steroid dienone is 12. The van der Waals surface area contributed by atoms with Crippen LogP contribution in [0.2, 0.25) is 0 Å². The van der Waals surface area contributed by atoms with Crippen LogP contribution in [-0.4, -0.2) is 96.7 Å². The normalized spacial score (nSPS) is 14.3. The second-order valence-electron chi connectivity index (χ2n) is 27.0. The molecule has 0 spiro atoms. The minimum absolute atomic E-state index is 0.0242. The van der Waals surface area contributed by atoms with Gasteiger partial charge in [0, 0.05) is 25.7 Å². The Kier molecular flexibility index (Phi) is 71.2. The van der Waals surface area contributed by atoms with Crippen LogP contribution in [0.4, 0.5) is 0 Å². The molecule has 0 aliphatic rings. The van der Waals surface area contributed by atoms with E-state index in [-0.39, 0.29) is 25.7 Å². The largest absolute Gasteiger partial charge is 0.472 e. The Morgan fingerprint density at radius 1 is 0.280 bits per heavy atom. The van der Waals surface area contributed by atoms with E-state index in [1.807, 2.05) is 18.2 Å². The molecule has 17 nitrogen and oxygen atoms in total. The summed E-state index contributed by atoms with van der Waals surface area (Å²) in [5.41, 5.74) is 0. The van der Waals surface area contributed by atoms with Crippen molar-refractivity contribution >= 4 is 39.5 Å². The second kappa shape index (κ2) is 73.8. The number of carbonyl (C=O) groups excluding carboxylic acids is 4. The van der Waals surface area contributed by atoms with Gasteiger partial charge in [-0.3, -0.25) is 37.3 Å². The van der Waals surface area contributed by atoms with Crippen molar-refractivity contribution in [2.45, 2.75) is 380 Å². The van der Waals surface area contributed by atoms with Crippen molar-refractivity contribution in [2.75, 3.05) is 39.6 Å². The standard InChI is InChI=1S/C81H146O17P2/c1-5-9-13-17-21-25-29-33-35-36-37-38-40-44-48-52-56-60-64-68-81(86)98-77(72-92-79(84)66-62-58-54-50-46-42-32-28-24-20-16-12-8-4)74-96-100(89,90)94-70-75(82)69-93-99(87,88)95-73-76(71-91-78(83)65-61-57-53-49-45-41-31-27-23-19-15-11-7-3)97-80(85)67-63-59-55-51-47-43-39-34-30-26-22-18-14-10-6-2/h21,25-26,30,33,35,37-38,44,48,56,60,75-77,82H,5-20,22-24,27-29,31-32,34,36,39-43,45-47,49-55,57-59,61-74H2,1-4H3,(H,87,88)(H,89,90)/b25-21-,30-26-,35-33-,38-37-,48-44-,60-56-/t75-,76+,77+/m0/s1. The summed E-state index contributed by atoms with van der Waals surface area (Å²) in [6.07, 6.45) is 74.6. The third-order valence-corrected chi connectivity index (χ3v) is 19.1. The predicted octanol–water partition coefficient (Wildman–Crippen LogP) is 23.2. The minimum Gasteiger partial charge on any atom is -0.462 e. The molecule has 0 aliphatic heterocycles. The smallest absolute Gasteiger partial charge is 0.462 e. The first-order valence-corrected chi connectivity index (χ1v) is 43.2. The van der Waals surface area contributed by atoms with E-state index in [0.29, 0.717) is 32.1 Å². The molecule has 0 aliphatic carbocycles. The first-order chi connectivity index (χ1) is 48.7. The van der Waals surface area contributed by atoms with Crippen LogP contribution in [0.5, 0.6) is 0 Å². The van der Waals surface area contributed by atoms with Crippen LogP contribution in [0.25, 0.3) is 0 Å². The van der Waals surface area contributed by atoms with Gasteiger partial charge in [-0.25, -0.2) is 9.13 Å². The maximum Gasteiger partial charge on any atom is 0.472 e. The van der Waals surface area contributed by atoms with Gasteiger partial charge in [0.1, 0.15) is 19.3 Å². The average molecular weight is 1450 g/mol. The topological polar surface area (TPSA) is 237 Å². The van der Waals surface area contributed by atoms with Crippen LogP contribution in [-0.2, 0) is 65.4 Å². The van der Waals surface area contributed by atoms with Crippen molar-refractivity contribution in [2.24, 2.45) is 0 Å². The van der Waals surface area contributed by atoms with E-state index in [0.717, 1.165) is 116 Å². The number of aliphatic hydroxyl groups excluding tert-OH is 1. The lowest BCUT2D eigenvalue weighted by molar-refractivity contribution is -0.161. The maximum atomic E-state index is 13.1. The Hall–Kier alpha value is -3.50. The third kappa shape index (κ3) is 72.8. The molecule has 19 heteroatoms. The van der Waals surface area contributed by atoms with E-state index in [2.05, 4.69) is 82.4 Å². The Labute approximate surface area is 609 Å². The fraction of sp³-hybridized carbons (Fsp3) is 0.802. The minimum atomic E-state index is -4.99. The van der Waals surface area contributed by atoms with Crippen molar-refractivity contribution in [1.82, 2.24) is 0 Å². The van der Waals surface area contributed by atoms with Crippen molar-refractivity contribution in [3.63, 3.8) is 0 Å². The summed E-state index contributed by atoms with van der Waals surface area (Å²) in [5.74, 6) is -2.24. The Morgan fingerprint density at radius 2 is 0.510 bits per heavy atom. The van der Waals surface area contributed by atoms with E-state index < -0.39 is 97.5 Å². The van der Waals surface area contributed by atoms with Crippen LogP contribution >= 0.6 is 15.6 Å². The molecular formula is C81H146O17P2. The lowest BCUT2D eigenvalue weighted by Crippen LogP contribution is -2.30. The fourth-order valence-electron chi connectivity index (χ4n) is 11.0. The van der Waals surface area contributed by atoms with Crippen molar-refractivity contribution < 1.29 is 80.2 Å². The van der Waals surface area contributed by atoms with E-state index in [4.69, 9.17) is 37.0 Å². The Balaban J connectivity index is 5.39. The van der Waals surface area contributed by atoms with Gasteiger partial charge < -0.3 is 33.8 Å². The van der Waals surface area contributed by atoms with E-state index >= 15 is 0 Å². The van der Waals surface area contributed by atoms with Gasteiger partial charge in [-0.05, 0) is 89.9 Å². The van der Waals surface area contributed by atoms with Gasteiger partial charge in [0.05, 0.1) is 26.4 Å². The molecule has 2 unspecified atom stereocenters. The number of phosphoric ester groups is 2. The molecule has 0 aromatic rings. The summed E-state index contributed by atoms with van der Waals surface area (Å²) in [6, 6.07) is 0. The van der Waals surface area contributed by atoms with Gasteiger partial charge in [-0.1, -0.05) is 319 Å². The van der Waals surface area contributed by atoms with Gasteiger partial charge in [0.15, 0.2) is 12.2 Å². The average Bonchev–Trinajstić information content (AvgIpc) is 1.01. The molecule has 3 N–H and O–H groups in total. The highest BCUT2D eigenvalue weighted by Crippen LogP contribution is 2.45. The van der Waals surface area contributed by atoms with Crippen LogP contribution in [0.15, 0.2) is 72.9 Å². The fourth-order valence-corrected chi connectivity index (χ4v) is 12.6. The highest BCUT2D eigenvalue weighted by molar-refractivity contribution is 7.47. The lowest BCUT2D eigenvalue weighted by atomic mass is 10.0. The van der Waals surface area contributed by atoms with Gasteiger partial charge in [0.2, 0.25) is 0 Å². The Morgan fingerprint density at radius 3 is 0.850 bits per heavy atom. The van der Waals surface area contributed by atoms with Gasteiger partial charge in [-0.15, -0.1) is 0 Å². The summed E-state index contributed by atoms with van der Waals surface area (Å²) in [5, 5.41) is 10.6. The molecule has 0 saturated heterocycles. The van der Waals surface area contributed by atoms with Gasteiger partial charge in [-0.2, -0.15) is 0 Å². The number of rotatable bonds is 76. The van der Waals surface area contributed by atoms with Crippen molar-refractivity contribution in [1.29, 1.82) is 0 Å². The second-order valence-corrected chi connectivity index (χ2v) is 29.9. The number of aliphatic hydroxyl groups is 1. The maximum absolute atomic E-state index is 13.1. The van der Waals surface area contributed by atoms with E-state index in [9.17, 15) is 43.2 Å². The zero-order chi connectivity index (χ0) is 73.2.